The average Bonchev–Trinajstić information content (AvgIpc) is 2.61. The summed E-state index contributed by atoms with van der Waals surface area (Å²) in [5.74, 6) is 0.810. The van der Waals surface area contributed by atoms with Gasteiger partial charge in [-0.2, -0.15) is 13.2 Å². The topological polar surface area (TPSA) is 45.2 Å². The van der Waals surface area contributed by atoms with E-state index in [-0.39, 0.29) is 11.6 Å². The Balaban J connectivity index is 1.69. The molecule has 1 fully saturated rings. The summed E-state index contributed by atoms with van der Waals surface area (Å²) in [4.78, 5) is 18.5. The Kier molecular flexibility index (Phi) is 5.15. The van der Waals surface area contributed by atoms with Crippen LogP contribution in [0.5, 0.6) is 0 Å². The molecule has 1 unspecified atom stereocenters. The lowest BCUT2D eigenvalue weighted by Crippen LogP contribution is -2.39. The summed E-state index contributed by atoms with van der Waals surface area (Å²) in [6.07, 6.45) is -0.818. The molecule has 0 saturated carbocycles. The van der Waals surface area contributed by atoms with Gasteiger partial charge in [-0.15, -0.1) is 0 Å². The molecule has 1 saturated heterocycles. The van der Waals surface area contributed by atoms with Crippen molar-refractivity contribution >= 4 is 17.4 Å². The first-order valence-electron chi connectivity index (χ1n) is 8.52. The van der Waals surface area contributed by atoms with Crippen molar-refractivity contribution in [2.45, 2.75) is 25.9 Å². The Morgan fingerprint density at radius 2 is 2.08 bits per heavy atom. The molecule has 0 spiro atoms. The lowest BCUT2D eigenvalue weighted by molar-refractivity contribution is -0.137. The lowest BCUT2D eigenvalue weighted by atomic mass is 10.00. The maximum absolute atomic E-state index is 12.8. The van der Waals surface area contributed by atoms with Crippen LogP contribution in [0.3, 0.4) is 0 Å². The third-order valence-corrected chi connectivity index (χ3v) is 4.42. The molecular weight excluding hydrogens is 343 g/mol. The minimum absolute atomic E-state index is 0.0605. The summed E-state index contributed by atoms with van der Waals surface area (Å²) in [7, 11) is 0. The summed E-state index contributed by atoms with van der Waals surface area (Å²) < 4.78 is 38.3. The van der Waals surface area contributed by atoms with Crippen molar-refractivity contribution in [3.05, 3.63) is 53.7 Å². The predicted molar refractivity (Wildman–Crippen MR) is 93.3 cm³/mol. The van der Waals surface area contributed by atoms with Crippen LogP contribution in [0, 0.1) is 5.92 Å². The standard InChI is InChI=1S/C19H20F3N3O/c1-13-4-3-9-25(12-13)18(26)14-7-8-17(23-11-14)24-16-6-2-5-15(10-16)19(20,21)22/h2,5-8,10-11,13H,3-4,9,12H2,1H3,(H,23,24). The molecule has 2 aromatic rings. The van der Waals surface area contributed by atoms with E-state index in [9.17, 15) is 18.0 Å². The molecule has 1 atom stereocenters. The van der Waals surface area contributed by atoms with Crippen molar-refractivity contribution in [3.63, 3.8) is 0 Å². The molecule has 4 nitrogen and oxygen atoms in total. The van der Waals surface area contributed by atoms with E-state index in [1.54, 1.807) is 12.1 Å². The summed E-state index contributed by atoms with van der Waals surface area (Å²) in [6.45, 7) is 3.61. The van der Waals surface area contributed by atoms with Crippen LogP contribution in [0.15, 0.2) is 42.6 Å². The summed E-state index contributed by atoms with van der Waals surface area (Å²) >= 11 is 0. The van der Waals surface area contributed by atoms with Crippen LogP contribution in [-0.2, 0) is 6.18 Å². The van der Waals surface area contributed by atoms with Gasteiger partial charge in [-0.3, -0.25) is 4.79 Å². The average molecular weight is 363 g/mol. The van der Waals surface area contributed by atoms with Crippen LogP contribution in [0.4, 0.5) is 24.7 Å². The van der Waals surface area contributed by atoms with E-state index in [1.807, 2.05) is 4.90 Å². The number of benzene rings is 1. The highest BCUT2D eigenvalue weighted by molar-refractivity contribution is 5.94. The van der Waals surface area contributed by atoms with E-state index in [1.165, 1.54) is 18.3 Å². The molecule has 3 rings (SSSR count). The number of amides is 1. The van der Waals surface area contributed by atoms with Crippen molar-refractivity contribution < 1.29 is 18.0 Å². The van der Waals surface area contributed by atoms with E-state index < -0.39 is 11.7 Å². The Morgan fingerprint density at radius 1 is 1.27 bits per heavy atom. The van der Waals surface area contributed by atoms with Crippen LogP contribution >= 0.6 is 0 Å². The van der Waals surface area contributed by atoms with Crippen LogP contribution in [0.2, 0.25) is 0 Å². The van der Waals surface area contributed by atoms with E-state index in [2.05, 4.69) is 17.2 Å². The molecule has 7 heteroatoms. The molecule has 1 aromatic carbocycles. The highest BCUT2D eigenvalue weighted by Crippen LogP contribution is 2.31. The number of alkyl halides is 3. The van der Waals surface area contributed by atoms with Gasteiger partial charge in [0.1, 0.15) is 5.82 Å². The summed E-state index contributed by atoms with van der Waals surface area (Å²) in [5, 5.41) is 2.83. The van der Waals surface area contributed by atoms with Gasteiger partial charge in [-0.25, -0.2) is 4.98 Å². The summed E-state index contributed by atoms with van der Waals surface area (Å²) in [6, 6.07) is 8.15. The van der Waals surface area contributed by atoms with Crippen molar-refractivity contribution in [1.29, 1.82) is 0 Å². The number of nitrogens with one attached hydrogen (secondary N) is 1. The SMILES string of the molecule is CC1CCCN(C(=O)c2ccc(Nc3cccc(C(F)(F)F)c3)nc2)C1. The smallest absolute Gasteiger partial charge is 0.340 e. The molecule has 26 heavy (non-hydrogen) atoms. The zero-order valence-electron chi connectivity index (χ0n) is 14.4. The van der Waals surface area contributed by atoms with Crippen molar-refractivity contribution in [1.82, 2.24) is 9.88 Å². The molecule has 1 amide bonds. The molecule has 138 valence electrons. The number of carbonyl (C=O) groups is 1. The van der Waals surface area contributed by atoms with Gasteiger partial charge in [0.15, 0.2) is 0 Å². The lowest BCUT2D eigenvalue weighted by Gasteiger charge is -2.30. The second-order valence-electron chi connectivity index (χ2n) is 6.63. The molecule has 0 aliphatic carbocycles. The Bertz CT molecular complexity index is 774. The summed E-state index contributed by atoms with van der Waals surface area (Å²) in [5.41, 5.74) is 0.0402. The van der Waals surface area contributed by atoms with E-state index in [4.69, 9.17) is 0 Å². The highest BCUT2D eigenvalue weighted by atomic mass is 19.4. The minimum Gasteiger partial charge on any atom is -0.340 e. The van der Waals surface area contributed by atoms with Gasteiger partial charge in [0, 0.05) is 25.0 Å². The van der Waals surface area contributed by atoms with Crippen LogP contribution in [0.1, 0.15) is 35.7 Å². The normalized spacial score (nSPS) is 17.8. The van der Waals surface area contributed by atoms with Crippen LogP contribution in [-0.4, -0.2) is 28.9 Å². The van der Waals surface area contributed by atoms with Gasteiger partial charge in [-0.1, -0.05) is 13.0 Å². The third-order valence-electron chi connectivity index (χ3n) is 4.42. The minimum atomic E-state index is -4.40. The molecule has 0 bridgehead atoms. The quantitative estimate of drug-likeness (QED) is 0.859. The van der Waals surface area contributed by atoms with Crippen LogP contribution < -0.4 is 5.32 Å². The Hall–Kier alpha value is -2.57. The van der Waals surface area contributed by atoms with Crippen molar-refractivity contribution in [2.24, 2.45) is 5.92 Å². The number of aromatic nitrogens is 1. The van der Waals surface area contributed by atoms with Crippen molar-refractivity contribution in [2.75, 3.05) is 18.4 Å². The number of anilines is 2. The second-order valence-corrected chi connectivity index (χ2v) is 6.63. The molecule has 0 radical (unpaired) electrons. The van der Waals surface area contributed by atoms with Crippen LogP contribution in [0.25, 0.3) is 0 Å². The maximum atomic E-state index is 12.8. The first-order chi connectivity index (χ1) is 12.3. The van der Waals surface area contributed by atoms with Gasteiger partial charge in [0.05, 0.1) is 11.1 Å². The van der Waals surface area contributed by atoms with Gasteiger partial charge < -0.3 is 10.2 Å². The number of nitrogens with zero attached hydrogens (tertiary/aromatic N) is 2. The van der Waals surface area contributed by atoms with E-state index >= 15 is 0 Å². The number of pyridine rings is 1. The predicted octanol–water partition coefficient (Wildman–Crippen LogP) is 4.72. The molecule has 1 aliphatic rings. The first kappa shape index (κ1) is 18.2. The molecule has 1 aliphatic heterocycles. The second kappa shape index (κ2) is 7.35. The fraction of sp³-hybridized carbons (Fsp3) is 0.368. The van der Waals surface area contributed by atoms with Crippen molar-refractivity contribution in [3.8, 4) is 0 Å². The van der Waals surface area contributed by atoms with Gasteiger partial charge in [0.25, 0.3) is 5.91 Å². The number of rotatable bonds is 3. The number of carbonyl (C=O) groups excluding carboxylic acids is 1. The number of halogens is 3. The molecule has 1 aromatic heterocycles. The Morgan fingerprint density at radius 3 is 2.73 bits per heavy atom. The zero-order valence-corrected chi connectivity index (χ0v) is 14.4. The Labute approximate surface area is 150 Å². The van der Waals surface area contributed by atoms with Gasteiger partial charge >= 0.3 is 6.18 Å². The molecule has 2 heterocycles. The largest absolute Gasteiger partial charge is 0.416 e. The zero-order chi connectivity index (χ0) is 18.7. The highest BCUT2D eigenvalue weighted by Gasteiger charge is 2.30. The number of hydrogen-bond acceptors (Lipinski definition) is 3. The fourth-order valence-corrected chi connectivity index (χ4v) is 3.07. The molecular formula is C19H20F3N3O. The van der Waals surface area contributed by atoms with E-state index in [0.717, 1.165) is 38.1 Å². The number of piperidine rings is 1. The first-order valence-corrected chi connectivity index (χ1v) is 8.52. The van der Waals surface area contributed by atoms with E-state index in [0.29, 0.717) is 17.3 Å². The monoisotopic (exact) mass is 363 g/mol. The fourth-order valence-electron chi connectivity index (χ4n) is 3.07. The molecule has 1 N–H and O–H groups in total. The number of hydrogen-bond donors (Lipinski definition) is 1. The van der Waals surface area contributed by atoms with Gasteiger partial charge in [-0.05, 0) is 49.1 Å². The number of likely N-dealkylation sites (tertiary alicyclic amines) is 1. The third kappa shape index (κ3) is 4.33. The maximum Gasteiger partial charge on any atom is 0.416 e. The van der Waals surface area contributed by atoms with Gasteiger partial charge in [0.2, 0.25) is 0 Å².